The summed E-state index contributed by atoms with van der Waals surface area (Å²) in [6, 6.07) is 13.6. The molecule has 25 heavy (non-hydrogen) atoms. The Kier molecular flexibility index (Phi) is 3.72. The zero-order valence-corrected chi connectivity index (χ0v) is 13.8. The summed E-state index contributed by atoms with van der Waals surface area (Å²) in [5.74, 6) is -0.469. The third kappa shape index (κ3) is 2.55. The highest BCUT2D eigenvalue weighted by Crippen LogP contribution is 2.25. The molecule has 2 aromatic carbocycles. The number of hydrogen-bond acceptors (Lipinski definition) is 4. The maximum absolute atomic E-state index is 13.0. The van der Waals surface area contributed by atoms with Crippen molar-refractivity contribution < 1.29 is 14.3 Å². The molecule has 0 atom stereocenters. The van der Waals surface area contributed by atoms with E-state index in [1.807, 2.05) is 42.5 Å². The topological polar surface area (TPSA) is 75.3 Å². The number of H-pyrrole nitrogens is 1. The fraction of sp³-hybridized carbons (Fsp3) is 0.211. The molecule has 1 N–H and O–H groups in total. The maximum atomic E-state index is 13.0. The molecule has 1 amide bonds. The molecular weight excluding hydrogens is 318 g/mol. The second-order valence-electron chi connectivity index (χ2n) is 6.02. The van der Waals surface area contributed by atoms with E-state index in [-0.39, 0.29) is 5.91 Å². The van der Waals surface area contributed by atoms with Crippen LogP contribution in [-0.2, 0) is 17.7 Å². The van der Waals surface area contributed by atoms with E-state index in [0.29, 0.717) is 30.8 Å². The molecular formula is C19H17N3O3. The lowest BCUT2D eigenvalue weighted by Crippen LogP contribution is -2.36. The van der Waals surface area contributed by atoms with Crippen molar-refractivity contribution in [3.05, 3.63) is 65.0 Å². The number of amides is 1. The number of carbonyl (C=O) groups excluding carboxylic acids is 2. The monoisotopic (exact) mass is 335 g/mol. The molecule has 6 nitrogen and oxygen atoms in total. The number of methoxy groups -OCH3 is 1. The Labute approximate surface area is 144 Å². The number of nitrogens with one attached hydrogen (secondary N) is 1. The minimum Gasteiger partial charge on any atom is -0.464 e. The van der Waals surface area contributed by atoms with E-state index in [0.717, 1.165) is 22.0 Å². The van der Waals surface area contributed by atoms with Crippen LogP contribution < -0.4 is 0 Å². The molecule has 3 aromatic rings. The van der Waals surface area contributed by atoms with Crippen LogP contribution >= 0.6 is 0 Å². The van der Waals surface area contributed by atoms with Crippen molar-refractivity contribution in [3.63, 3.8) is 0 Å². The molecule has 4 rings (SSSR count). The normalized spacial score (nSPS) is 13.6. The Morgan fingerprint density at radius 3 is 2.80 bits per heavy atom. The number of benzene rings is 2. The minimum absolute atomic E-state index is 0.0170. The molecule has 2 heterocycles. The van der Waals surface area contributed by atoms with Crippen LogP contribution in [0.3, 0.4) is 0 Å². The Hall–Kier alpha value is -3.15. The van der Waals surface area contributed by atoms with Crippen LogP contribution in [0, 0.1) is 0 Å². The van der Waals surface area contributed by atoms with Gasteiger partial charge in [-0.2, -0.15) is 5.10 Å². The van der Waals surface area contributed by atoms with Gasteiger partial charge in [-0.3, -0.25) is 9.89 Å². The molecule has 6 heteroatoms. The summed E-state index contributed by atoms with van der Waals surface area (Å²) >= 11 is 0. The van der Waals surface area contributed by atoms with Gasteiger partial charge in [0.05, 0.1) is 19.3 Å². The van der Waals surface area contributed by atoms with Crippen molar-refractivity contribution >= 4 is 22.6 Å². The lowest BCUT2D eigenvalue weighted by molar-refractivity contribution is 0.0592. The zero-order chi connectivity index (χ0) is 17.4. The van der Waals surface area contributed by atoms with E-state index in [1.165, 1.54) is 7.11 Å². The predicted octanol–water partition coefficient (Wildman–Crippen LogP) is 2.55. The van der Waals surface area contributed by atoms with Gasteiger partial charge < -0.3 is 9.64 Å². The second kappa shape index (κ2) is 6.05. The van der Waals surface area contributed by atoms with Gasteiger partial charge in [0.15, 0.2) is 5.69 Å². The maximum Gasteiger partial charge on any atom is 0.358 e. The number of esters is 1. The fourth-order valence-corrected chi connectivity index (χ4v) is 3.34. The molecule has 0 unspecified atom stereocenters. The smallest absolute Gasteiger partial charge is 0.358 e. The number of aromatic amines is 1. The lowest BCUT2D eigenvalue weighted by atomic mass is 10.0. The standard InChI is InChI=1S/C19H17N3O3/c1-25-19(24)17-15-9-10-22(11-16(15)20-21-17)18(23)14-8-4-6-12-5-2-3-7-13(12)14/h2-8H,9-11H2,1H3,(H,20,21). The van der Waals surface area contributed by atoms with Crippen LogP contribution in [-0.4, -0.2) is 40.6 Å². The second-order valence-corrected chi connectivity index (χ2v) is 6.02. The third-order valence-corrected chi connectivity index (χ3v) is 4.62. The van der Waals surface area contributed by atoms with Crippen molar-refractivity contribution in [1.29, 1.82) is 0 Å². The van der Waals surface area contributed by atoms with Crippen molar-refractivity contribution in [3.8, 4) is 0 Å². The minimum atomic E-state index is -0.452. The Morgan fingerprint density at radius 1 is 1.16 bits per heavy atom. The summed E-state index contributed by atoms with van der Waals surface area (Å²) in [6.07, 6.45) is 0.576. The van der Waals surface area contributed by atoms with Crippen LogP contribution in [0.25, 0.3) is 10.8 Å². The number of carbonyl (C=O) groups is 2. The van der Waals surface area contributed by atoms with Crippen molar-refractivity contribution in [2.45, 2.75) is 13.0 Å². The summed E-state index contributed by atoms with van der Waals surface area (Å²) < 4.78 is 4.75. The summed E-state index contributed by atoms with van der Waals surface area (Å²) in [5, 5.41) is 8.90. The highest BCUT2D eigenvalue weighted by Gasteiger charge is 2.28. The quantitative estimate of drug-likeness (QED) is 0.730. The first kappa shape index (κ1) is 15.4. The zero-order valence-electron chi connectivity index (χ0n) is 13.8. The average molecular weight is 335 g/mol. The van der Waals surface area contributed by atoms with Gasteiger partial charge in [-0.05, 0) is 23.3 Å². The molecule has 126 valence electrons. The number of hydrogen-bond donors (Lipinski definition) is 1. The average Bonchev–Trinajstić information content (AvgIpc) is 3.09. The number of rotatable bonds is 2. The van der Waals surface area contributed by atoms with Gasteiger partial charge in [0.25, 0.3) is 5.91 Å². The van der Waals surface area contributed by atoms with E-state index < -0.39 is 5.97 Å². The van der Waals surface area contributed by atoms with Gasteiger partial charge in [-0.1, -0.05) is 36.4 Å². The SMILES string of the molecule is COC(=O)c1n[nH]c2c1CCN(C(=O)c1cccc3ccccc13)C2. The molecule has 0 saturated heterocycles. The first-order valence-electron chi connectivity index (χ1n) is 8.10. The van der Waals surface area contributed by atoms with Crippen LogP contribution in [0.1, 0.15) is 32.1 Å². The highest BCUT2D eigenvalue weighted by molar-refractivity contribution is 6.07. The number of fused-ring (bicyclic) bond motifs is 2. The van der Waals surface area contributed by atoms with Crippen LogP contribution in [0.2, 0.25) is 0 Å². The van der Waals surface area contributed by atoms with Crippen molar-refractivity contribution in [2.24, 2.45) is 0 Å². The summed E-state index contributed by atoms with van der Waals surface area (Å²) in [7, 11) is 1.34. The van der Waals surface area contributed by atoms with Crippen molar-refractivity contribution in [1.82, 2.24) is 15.1 Å². The molecule has 0 spiro atoms. The lowest BCUT2D eigenvalue weighted by Gasteiger charge is -2.27. The van der Waals surface area contributed by atoms with E-state index in [9.17, 15) is 9.59 Å². The highest BCUT2D eigenvalue weighted by atomic mass is 16.5. The van der Waals surface area contributed by atoms with Gasteiger partial charge >= 0.3 is 5.97 Å². The largest absolute Gasteiger partial charge is 0.464 e. The first-order valence-corrected chi connectivity index (χ1v) is 8.10. The van der Waals surface area contributed by atoms with Crippen LogP contribution in [0.4, 0.5) is 0 Å². The van der Waals surface area contributed by atoms with Gasteiger partial charge in [0, 0.05) is 17.7 Å². The van der Waals surface area contributed by atoms with Gasteiger partial charge in [0.1, 0.15) is 0 Å². The molecule has 1 aliphatic heterocycles. The molecule has 0 bridgehead atoms. The van der Waals surface area contributed by atoms with Gasteiger partial charge in [0.2, 0.25) is 0 Å². The first-order chi connectivity index (χ1) is 12.2. The molecule has 1 aromatic heterocycles. The molecule has 1 aliphatic rings. The van der Waals surface area contributed by atoms with E-state index in [2.05, 4.69) is 10.2 Å². The number of ether oxygens (including phenoxy) is 1. The van der Waals surface area contributed by atoms with E-state index in [1.54, 1.807) is 4.90 Å². The van der Waals surface area contributed by atoms with Gasteiger partial charge in [-0.15, -0.1) is 0 Å². The fourth-order valence-electron chi connectivity index (χ4n) is 3.34. The molecule has 0 radical (unpaired) electrons. The van der Waals surface area contributed by atoms with Crippen LogP contribution in [0.15, 0.2) is 42.5 Å². The number of nitrogens with zero attached hydrogens (tertiary/aromatic N) is 2. The van der Waals surface area contributed by atoms with E-state index in [4.69, 9.17) is 4.74 Å². The van der Waals surface area contributed by atoms with Crippen LogP contribution in [0.5, 0.6) is 0 Å². The predicted molar refractivity (Wildman–Crippen MR) is 92.3 cm³/mol. The molecule has 0 aliphatic carbocycles. The van der Waals surface area contributed by atoms with E-state index >= 15 is 0 Å². The summed E-state index contributed by atoms with van der Waals surface area (Å²) in [5.41, 5.74) is 2.64. The van der Waals surface area contributed by atoms with Crippen molar-refractivity contribution in [2.75, 3.05) is 13.7 Å². The molecule has 0 fully saturated rings. The summed E-state index contributed by atoms with van der Waals surface area (Å²) in [6.45, 7) is 0.944. The molecule has 0 saturated carbocycles. The number of aromatic nitrogens is 2. The summed E-state index contributed by atoms with van der Waals surface area (Å²) in [4.78, 5) is 26.5. The Balaban J connectivity index is 1.64. The Morgan fingerprint density at radius 2 is 1.96 bits per heavy atom. The Bertz CT molecular complexity index is 972. The van der Waals surface area contributed by atoms with Gasteiger partial charge in [-0.25, -0.2) is 4.79 Å². The third-order valence-electron chi connectivity index (χ3n) is 4.62.